The van der Waals surface area contributed by atoms with Crippen molar-refractivity contribution in [2.75, 3.05) is 0 Å². The molecular formula is C19H18KNO5. The Hall–Kier alpha value is -1.51. The molecule has 2 rings (SSSR count). The second kappa shape index (κ2) is 12.0. The van der Waals surface area contributed by atoms with E-state index in [-0.39, 0.29) is 64.4 Å². The van der Waals surface area contributed by atoms with E-state index in [1.807, 2.05) is 12.1 Å². The summed E-state index contributed by atoms with van der Waals surface area (Å²) in [6.45, 7) is 0.0391. The summed E-state index contributed by atoms with van der Waals surface area (Å²) in [4.78, 5) is 34.9. The first-order chi connectivity index (χ1) is 12.0. The molecule has 0 spiro atoms. The van der Waals surface area contributed by atoms with Crippen molar-refractivity contribution < 1.29 is 75.6 Å². The van der Waals surface area contributed by atoms with Crippen LogP contribution < -0.4 is 61.8 Å². The Bertz CT molecular complexity index is 721. The van der Waals surface area contributed by atoms with Crippen LogP contribution in [0.5, 0.6) is 0 Å². The summed E-state index contributed by atoms with van der Waals surface area (Å²) in [5.74, 6) is -2.76. The number of carboxylic acid groups (broad SMARTS) is 1. The second-order valence-corrected chi connectivity index (χ2v) is 5.45. The van der Waals surface area contributed by atoms with E-state index in [1.54, 1.807) is 48.5 Å². The normalized spacial score (nSPS) is 10.9. The van der Waals surface area contributed by atoms with Crippen LogP contribution in [-0.2, 0) is 32.1 Å². The fraction of sp³-hybridized carbons (Fsp3) is 0.211. The van der Waals surface area contributed by atoms with Crippen molar-refractivity contribution >= 4 is 17.8 Å². The molecule has 1 atom stereocenters. The SMILES string of the molecule is O=C(Cc1ccccc1)NC(CC(=O)OCc1ccccc1)C(=O)[O-].[K+]. The standard InChI is InChI=1S/C19H19NO5.K/c21-17(11-14-7-3-1-4-8-14)20-16(19(23)24)12-18(22)25-13-15-9-5-2-6-10-15;/h1-10,16H,11-13H2,(H,20,21)(H,23,24);/q;+1/p-1. The van der Waals surface area contributed by atoms with Crippen molar-refractivity contribution in [1.82, 2.24) is 5.32 Å². The van der Waals surface area contributed by atoms with Crippen molar-refractivity contribution in [3.05, 3.63) is 71.8 Å². The van der Waals surface area contributed by atoms with Crippen LogP contribution in [0.1, 0.15) is 17.5 Å². The molecule has 0 radical (unpaired) electrons. The predicted octanol–water partition coefficient (Wildman–Crippen LogP) is -2.40. The van der Waals surface area contributed by atoms with Crippen molar-refractivity contribution in [2.45, 2.75) is 25.5 Å². The number of carbonyl (C=O) groups is 3. The third kappa shape index (κ3) is 8.24. The number of nitrogens with one attached hydrogen (secondary N) is 1. The fourth-order valence-electron chi connectivity index (χ4n) is 2.18. The van der Waals surface area contributed by atoms with Crippen LogP contribution in [0, 0.1) is 0 Å². The van der Waals surface area contributed by atoms with Crippen molar-refractivity contribution in [3.8, 4) is 0 Å². The molecule has 2 aromatic carbocycles. The van der Waals surface area contributed by atoms with Gasteiger partial charge in [-0.2, -0.15) is 0 Å². The minimum atomic E-state index is -1.53. The molecule has 1 unspecified atom stereocenters. The molecule has 0 aliphatic heterocycles. The molecule has 0 fully saturated rings. The first-order valence-corrected chi connectivity index (χ1v) is 7.78. The molecule has 0 heterocycles. The topological polar surface area (TPSA) is 95.5 Å². The molecule has 2 aromatic rings. The molecule has 0 saturated carbocycles. The average molecular weight is 379 g/mol. The number of esters is 1. The number of ether oxygens (including phenoxy) is 1. The van der Waals surface area contributed by atoms with Gasteiger partial charge < -0.3 is 20.0 Å². The number of hydrogen-bond acceptors (Lipinski definition) is 5. The van der Waals surface area contributed by atoms with Crippen LogP contribution >= 0.6 is 0 Å². The molecule has 130 valence electrons. The van der Waals surface area contributed by atoms with Gasteiger partial charge in [-0.15, -0.1) is 0 Å². The van der Waals surface area contributed by atoms with Gasteiger partial charge in [0.2, 0.25) is 5.91 Å². The molecule has 1 amide bonds. The molecule has 0 saturated heterocycles. The fourth-order valence-corrected chi connectivity index (χ4v) is 2.18. The van der Waals surface area contributed by atoms with Gasteiger partial charge in [0.1, 0.15) is 6.61 Å². The molecule has 26 heavy (non-hydrogen) atoms. The summed E-state index contributed by atoms with van der Waals surface area (Å²) in [5.41, 5.74) is 1.53. The Kier molecular flexibility index (Phi) is 10.4. The zero-order valence-electron chi connectivity index (χ0n) is 14.5. The molecular weight excluding hydrogens is 361 g/mol. The first kappa shape index (κ1) is 22.5. The van der Waals surface area contributed by atoms with E-state index in [0.717, 1.165) is 11.1 Å². The summed E-state index contributed by atoms with van der Waals surface area (Å²) in [7, 11) is 0. The maximum Gasteiger partial charge on any atom is 1.00 e. The number of carboxylic acids is 1. The van der Waals surface area contributed by atoms with Gasteiger partial charge in [0, 0.05) is 0 Å². The van der Waals surface area contributed by atoms with Gasteiger partial charge in [-0.3, -0.25) is 9.59 Å². The maximum absolute atomic E-state index is 11.9. The second-order valence-electron chi connectivity index (χ2n) is 5.45. The van der Waals surface area contributed by atoms with Crippen LogP contribution in [0.15, 0.2) is 60.7 Å². The van der Waals surface area contributed by atoms with Gasteiger partial charge >= 0.3 is 57.4 Å². The Morgan fingerprint density at radius 3 is 2.00 bits per heavy atom. The van der Waals surface area contributed by atoms with Crippen LogP contribution in [0.2, 0.25) is 0 Å². The van der Waals surface area contributed by atoms with Crippen LogP contribution in [0.25, 0.3) is 0 Å². The number of aliphatic carboxylic acids is 1. The van der Waals surface area contributed by atoms with E-state index < -0.39 is 30.3 Å². The zero-order chi connectivity index (χ0) is 18.1. The molecule has 0 aliphatic rings. The molecule has 0 aromatic heterocycles. The Morgan fingerprint density at radius 2 is 1.46 bits per heavy atom. The summed E-state index contributed by atoms with van der Waals surface area (Å²) in [5, 5.41) is 13.5. The van der Waals surface area contributed by atoms with E-state index in [9.17, 15) is 19.5 Å². The minimum Gasteiger partial charge on any atom is -0.548 e. The van der Waals surface area contributed by atoms with Crippen molar-refractivity contribution in [3.63, 3.8) is 0 Å². The monoisotopic (exact) mass is 379 g/mol. The Morgan fingerprint density at radius 1 is 0.923 bits per heavy atom. The van der Waals surface area contributed by atoms with Gasteiger partial charge in [-0.05, 0) is 11.1 Å². The van der Waals surface area contributed by atoms with E-state index in [1.165, 1.54) is 0 Å². The van der Waals surface area contributed by atoms with E-state index in [0.29, 0.717) is 0 Å². The summed E-state index contributed by atoms with van der Waals surface area (Å²) >= 11 is 0. The summed E-state index contributed by atoms with van der Waals surface area (Å²) in [6.07, 6.45) is -0.473. The van der Waals surface area contributed by atoms with E-state index >= 15 is 0 Å². The Balaban J connectivity index is 0.00000338. The minimum absolute atomic E-state index is 0. The third-order valence-corrected chi connectivity index (χ3v) is 3.44. The third-order valence-electron chi connectivity index (χ3n) is 3.44. The number of carbonyl (C=O) groups excluding carboxylic acids is 3. The molecule has 7 heteroatoms. The smallest absolute Gasteiger partial charge is 0.548 e. The van der Waals surface area contributed by atoms with Gasteiger partial charge in [-0.1, -0.05) is 60.7 Å². The van der Waals surface area contributed by atoms with Gasteiger partial charge in [0.05, 0.1) is 24.9 Å². The summed E-state index contributed by atoms with van der Waals surface area (Å²) in [6, 6.07) is 16.4. The van der Waals surface area contributed by atoms with Crippen molar-refractivity contribution in [2.24, 2.45) is 0 Å². The van der Waals surface area contributed by atoms with Gasteiger partial charge in [0.25, 0.3) is 0 Å². The van der Waals surface area contributed by atoms with Crippen LogP contribution in [-0.4, -0.2) is 23.9 Å². The summed E-state index contributed by atoms with van der Waals surface area (Å²) < 4.78 is 5.03. The average Bonchev–Trinajstić information content (AvgIpc) is 2.61. The largest absolute Gasteiger partial charge is 1.00 e. The maximum atomic E-state index is 11.9. The van der Waals surface area contributed by atoms with E-state index in [2.05, 4.69) is 5.32 Å². The van der Waals surface area contributed by atoms with Crippen molar-refractivity contribution in [1.29, 1.82) is 0 Å². The first-order valence-electron chi connectivity index (χ1n) is 7.78. The molecule has 6 nitrogen and oxygen atoms in total. The number of rotatable bonds is 8. The molecule has 0 bridgehead atoms. The number of benzene rings is 2. The Labute approximate surface area is 194 Å². The molecule has 0 aliphatic carbocycles. The van der Waals surface area contributed by atoms with Crippen LogP contribution in [0.3, 0.4) is 0 Å². The van der Waals surface area contributed by atoms with E-state index in [4.69, 9.17) is 4.74 Å². The van der Waals surface area contributed by atoms with Crippen LogP contribution in [0.4, 0.5) is 0 Å². The molecule has 1 N–H and O–H groups in total. The zero-order valence-corrected chi connectivity index (χ0v) is 17.6. The van der Waals surface area contributed by atoms with Gasteiger partial charge in [0.15, 0.2) is 0 Å². The quantitative estimate of drug-likeness (QED) is 0.408. The predicted molar refractivity (Wildman–Crippen MR) is 87.9 cm³/mol. The van der Waals surface area contributed by atoms with Gasteiger partial charge in [-0.25, -0.2) is 0 Å². The number of hydrogen-bond donors (Lipinski definition) is 1. The number of amides is 1.